The Balaban J connectivity index is 2.52. The van der Waals surface area contributed by atoms with E-state index in [0.29, 0.717) is 21.9 Å². The number of thiophene rings is 1. The third-order valence-electron chi connectivity index (χ3n) is 3.11. The molecule has 0 unspecified atom stereocenters. The van der Waals surface area contributed by atoms with Crippen LogP contribution in [-0.2, 0) is 9.53 Å². The molecule has 0 bridgehead atoms. The number of hydrogen-bond donors (Lipinski definition) is 2. The number of carbonyl (C=O) groups excluding carboxylic acids is 1. The molecular formula is C16H18N2O2S2. The van der Waals surface area contributed by atoms with Crippen molar-refractivity contribution < 1.29 is 9.53 Å². The minimum absolute atomic E-state index is 0.413. The summed E-state index contributed by atoms with van der Waals surface area (Å²) >= 11 is 5.85. The summed E-state index contributed by atoms with van der Waals surface area (Å²) in [6.07, 6.45) is 0. The summed E-state index contributed by atoms with van der Waals surface area (Å²) in [6.45, 7) is 7.26. The van der Waals surface area contributed by atoms with Crippen LogP contribution in [0.2, 0.25) is 0 Å². The van der Waals surface area contributed by atoms with Crippen LogP contribution in [0.15, 0.2) is 39.4 Å². The standard InChI is InChI=1S/C16H18N2O2S2/c1-9-12(15(19)20-16(2,3)4)13(11-6-5-7-22-11)10(8-17)14(21)18-9/h5-7,13,18,21H,1-4H3/t13-/m1/s1. The first kappa shape index (κ1) is 16.7. The molecule has 2 rings (SSSR count). The summed E-state index contributed by atoms with van der Waals surface area (Å²) < 4.78 is 5.51. The highest BCUT2D eigenvalue weighted by Gasteiger charge is 2.36. The molecule has 0 aliphatic carbocycles. The SMILES string of the molecule is CC1=C(C(=O)OC(C)(C)C)[C@@H](c2cccs2)C(C#N)=C(S)N1. The molecule has 0 fully saturated rings. The van der Waals surface area contributed by atoms with Gasteiger partial charge in [0, 0.05) is 10.6 Å². The van der Waals surface area contributed by atoms with Crippen molar-refractivity contribution in [3.8, 4) is 6.07 Å². The van der Waals surface area contributed by atoms with E-state index in [9.17, 15) is 10.1 Å². The van der Waals surface area contributed by atoms with Crippen LogP contribution < -0.4 is 5.32 Å². The maximum absolute atomic E-state index is 12.6. The van der Waals surface area contributed by atoms with E-state index in [1.54, 1.807) is 6.92 Å². The zero-order chi connectivity index (χ0) is 16.5. The molecule has 1 atom stereocenters. The molecule has 0 saturated carbocycles. The largest absolute Gasteiger partial charge is 0.457 e. The number of esters is 1. The molecule has 1 aromatic rings. The lowest BCUT2D eigenvalue weighted by Gasteiger charge is -2.29. The van der Waals surface area contributed by atoms with Crippen molar-refractivity contribution in [1.29, 1.82) is 5.26 Å². The molecule has 1 aliphatic rings. The van der Waals surface area contributed by atoms with Gasteiger partial charge in [-0.15, -0.1) is 24.0 Å². The first-order chi connectivity index (χ1) is 10.2. The predicted molar refractivity (Wildman–Crippen MR) is 90.4 cm³/mol. The Kier molecular flexibility index (Phi) is 4.69. The van der Waals surface area contributed by atoms with Crippen molar-refractivity contribution in [2.75, 3.05) is 0 Å². The number of nitriles is 1. The molecule has 4 nitrogen and oxygen atoms in total. The van der Waals surface area contributed by atoms with Gasteiger partial charge in [-0.3, -0.25) is 0 Å². The number of carbonyl (C=O) groups is 1. The normalized spacial score (nSPS) is 18.8. The topological polar surface area (TPSA) is 62.1 Å². The Labute approximate surface area is 139 Å². The summed E-state index contributed by atoms with van der Waals surface area (Å²) in [4.78, 5) is 13.5. The number of ether oxygens (including phenoxy) is 1. The van der Waals surface area contributed by atoms with Crippen molar-refractivity contribution >= 4 is 29.9 Å². The van der Waals surface area contributed by atoms with Gasteiger partial charge in [0.05, 0.1) is 28.2 Å². The van der Waals surface area contributed by atoms with Gasteiger partial charge in [0.1, 0.15) is 5.60 Å². The fourth-order valence-electron chi connectivity index (χ4n) is 2.27. The third-order valence-corrected chi connectivity index (χ3v) is 4.40. The quantitative estimate of drug-likeness (QED) is 0.639. The summed E-state index contributed by atoms with van der Waals surface area (Å²) in [5.74, 6) is -0.849. The van der Waals surface area contributed by atoms with Crippen LogP contribution in [0.4, 0.5) is 0 Å². The van der Waals surface area contributed by atoms with Gasteiger partial charge in [0.15, 0.2) is 0 Å². The van der Waals surface area contributed by atoms with E-state index in [1.165, 1.54) is 11.3 Å². The van der Waals surface area contributed by atoms with Crippen LogP contribution in [0.1, 0.15) is 38.5 Å². The molecule has 6 heteroatoms. The first-order valence-corrected chi connectivity index (χ1v) is 8.15. The Bertz CT molecular complexity index is 689. The molecule has 0 radical (unpaired) electrons. The predicted octanol–water partition coefficient (Wildman–Crippen LogP) is 3.72. The van der Waals surface area contributed by atoms with Gasteiger partial charge in [-0.25, -0.2) is 4.79 Å². The Morgan fingerprint density at radius 2 is 2.18 bits per heavy atom. The second-order valence-electron chi connectivity index (χ2n) is 5.99. The van der Waals surface area contributed by atoms with Gasteiger partial charge in [-0.1, -0.05) is 6.07 Å². The fraction of sp³-hybridized carbons (Fsp3) is 0.375. The van der Waals surface area contributed by atoms with Crippen molar-refractivity contribution in [2.45, 2.75) is 39.2 Å². The number of nitrogens with one attached hydrogen (secondary N) is 1. The maximum atomic E-state index is 12.6. The Morgan fingerprint density at radius 3 is 2.68 bits per heavy atom. The van der Waals surface area contributed by atoms with E-state index >= 15 is 0 Å². The van der Waals surface area contributed by atoms with Gasteiger partial charge in [0.2, 0.25) is 0 Å². The number of thiol groups is 1. The number of nitrogens with zero attached hydrogens (tertiary/aromatic N) is 1. The summed E-state index contributed by atoms with van der Waals surface area (Å²) in [5.41, 5.74) is 0.961. The Hall–Kier alpha value is -1.71. The molecule has 1 aromatic heterocycles. The van der Waals surface area contributed by atoms with Gasteiger partial charge in [-0.05, 0) is 39.1 Å². The van der Waals surface area contributed by atoms with E-state index in [1.807, 2.05) is 38.3 Å². The number of rotatable bonds is 2. The highest BCUT2D eigenvalue weighted by atomic mass is 32.1. The van der Waals surface area contributed by atoms with Crippen LogP contribution in [-0.4, -0.2) is 11.6 Å². The van der Waals surface area contributed by atoms with Crippen LogP contribution in [0.25, 0.3) is 0 Å². The lowest BCUT2D eigenvalue weighted by molar-refractivity contribution is -0.150. The lowest BCUT2D eigenvalue weighted by Crippen LogP contribution is -2.32. The summed E-state index contributed by atoms with van der Waals surface area (Å²) in [7, 11) is 0. The van der Waals surface area contributed by atoms with E-state index in [0.717, 1.165) is 4.88 Å². The van der Waals surface area contributed by atoms with Crippen molar-refractivity contribution in [3.05, 3.63) is 44.3 Å². The Morgan fingerprint density at radius 1 is 1.50 bits per heavy atom. The maximum Gasteiger partial charge on any atom is 0.337 e. The average Bonchev–Trinajstić information content (AvgIpc) is 2.88. The highest BCUT2D eigenvalue weighted by molar-refractivity contribution is 7.84. The van der Waals surface area contributed by atoms with E-state index in [4.69, 9.17) is 4.74 Å². The van der Waals surface area contributed by atoms with E-state index < -0.39 is 17.5 Å². The van der Waals surface area contributed by atoms with Gasteiger partial charge < -0.3 is 10.1 Å². The smallest absolute Gasteiger partial charge is 0.337 e. The molecule has 0 saturated heterocycles. The van der Waals surface area contributed by atoms with Gasteiger partial charge in [0.25, 0.3) is 0 Å². The zero-order valence-corrected chi connectivity index (χ0v) is 14.6. The molecular weight excluding hydrogens is 316 g/mol. The van der Waals surface area contributed by atoms with E-state index in [-0.39, 0.29) is 0 Å². The molecule has 0 spiro atoms. The number of hydrogen-bond acceptors (Lipinski definition) is 6. The third kappa shape index (κ3) is 3.37. The molecule has 2 heterocycles. The van der Waals surface area contributed by atoms with Crippen LogP contribution >= 0.6 is 24.0 Å². The lowest BCUT2D eigenvalue weighted by atomic mass is 9.87. The molecule has 0 amide bonds. The minimum atomic E-state index is -0.595. The van der Waals surface area contributed by atoms with Crippen molar-refractivity contribution in [2.24, 2.45) is 0 Å². The van der Waals surface area contributed by atoms with Gasteiger partial charge >= 0.3 is 5.97 Å². The average molecular weight is 334 g/mol. The zero-order valence-electron chi connectivity index (χ0n) is 12.9. The van der Waals surface area contributed by atoms with Gasteiger partial charge in [-0.2, -0.15) is 5.26 Å². The second kappa shape index (κ2) is 6.19. The molecule has 22 heavy (non-hydrogen) atoms. The number of allylic oxidation sites excluding steroid dienone is 2. The van der Waals surface area contributed by atoms with Crippen LogP contribution in [0.3, 0.4) is 0 Å². The summed E-state index contributed by atoms with van der Waals surface area (Å²) in [5, 5.41) is 14.9. The van der Waals surface area contributed by atoms with Crippen molar-refractivity contribution in [3.63, 3.8) is 0 Å². The second-order valence-corrected chi connectivity index (χ2v) is 7.41. The van der Waals surface area contributed by atoms with Crippen LogP contribution in [0, 0.1) is 11.3 Å². The van der Waals surface area contributed by atoms with E-state index in [2.05, 4.69) is 24.0 Å². The summed E-state index contributed by atoms with van der Waals surface area (Å²) in [6, 6.07) is 5.98. The first-order valence-electron chi connectivity index (χ1n) is 6.82. The highest BCUT2D eigenvalue weighted by Crippen LogP contribution is 2.41. The minimum Gasteiger partial charge on any atom is -0.457 e. The van der Waals surface area contributed by atoms with Crippen LogP contribution in [0.5, 0.6) is 0 Å². The number of dihydropyridines is 1. The fourth-order valence-corrected chi connectivity index (χ4v) is 3.46. The monoisotopic (exact) mass is 334 g/mol. The molecule has 1 aliphatic heterocycles. The van der Waals surface area contributed by atoms with Crippen molar-refractivity contribution in [1.82, 2.24) is 5.32 Å². The molecule has 1 N–H and O–H groups in total. The molecule has 116 valence electrons. The molecule has 0 aromatic carbocycles.